The van der Waals surface area contributed by atoms with E-state index in [1.54, 1.807) is 11.8 Å². The van der Waals surface area contributed by atoms with Crippen LogP contribution in [0.1, 0.15) is 0 Å². The van der Waals surface area contributed by atoms with Crippen LogP contribution in [0.3, 0.4) is 0 Å². The number of para-hydroxylation sites is 1. The number of benzene rings is 7. The Labute approximate surface area is 328 Å². The smallest absolute Gasteiger partial charge is 0.164 e. The standard InChI is InChI=1S/C49H31N5OS/c1-5-15-32(16-6-1)40-31-41(33-17-7-2-8-18-33)51-48(50-40)37-25-27-38(36-26-28-45-43(30-36)55-42-23-13-14-24-44(42)56-45)39(29-37)49-53-46(34-19-9-3-10-20-34)52-47(54-49)35-21-11-4-12-22-35/h1-31H. The van der Waals surface area contributed by atoms with E-state index < -0.39 is 0 Å². The molecule has 0 atom stereocenters. The number of hydrogen-bond donors (Lipinski definition) is 0. The van der Waals surface area contributed by atoms with Gasteiger partial charge in [-0.25, -0.2) is 24.9 Å². The van der Waals surface area contributed by atoms with Crippen molar-refractivity contribution in [1.82, 2.24) is 24.9 Å². The normalized spacial score (nSPS) is 11.6. The Morgan fingerprint density at radius 3 is 1.39 bits per heavy atom. The summed E-state index contributed by atoms with van der Waals surface area (Å²) in [7, 11) is 0. The molecule has 0 N–H and O–H groups in total. The zero-order chi connectivity index (χ0) is 37.3. The summed E-state index contributed by atoms with van der Waals surface area (Å²) in [6, 6.07) is 63.4. The fraction of sp³-hybridized carbons (Fsp3) is 0. The first-order valence-electron chi connectivity index (χ1n) is 18.3. The summed E-state index contributed by atoms with van der Waals surface area (Å²) in [5, 5.41) is 0. The lowest BCUT2D eigenvalue weighted by molar-refractivity contribution is 0.455. The Morgan fingerprint density at radius 1 is 0.304 bits per heavy atom. The van der Waals surface area contributed by atoms with Gasteiger partial charge in [0, 0.05) is 33.4 Å². The number of nitrogens with zero attached hydrogens (tertiary/aromatic N) is 5. The zero-order valence-electron chi connectivity index (χ0n) is 30.0. The van der Waals surface area contributed by atoms with Crippen molar-refractivity contribution in [3.05, 3.63) is 188 Å². The SMILES string of the molecule is c1ccc(-c2cc(-c3ccccc3)nc(-c3ccc(-c4ccc5c(c4)Oc4ccccc4S5)c(-c4nc(-c5ccccc5)nc(-c5ccccc5)n4)c3)n2)cc1. The molecular weight excluding hydrogens is 707 g/mol. The highest BCUT2D eigenvalue weighted by atomic mass is 32.2. The maximum absolute atomic E-state index is 6.46. The van der Waals surface area contributed by atoms with Crippen LogP contribution in [0, 0.1) is 0 Å². The number of aromatic nitrogens is 5. The van der Waals surface area contributed by atoms with E-state index in [0.29, 0.717) is 23.3 Å². The second-order valence-corrected chi connectivity index (χ2v) is 14.4. The Balaban J connectivity index is 1.19. The van der Waals surface area contributed by atoms with Gasteiger partial charge in [-0.3, -0.25) is 0 Å². The molecule has 7 heteroatoms. The van der Waals surface area contributed by atoms with E-state index in [1.165, 1.54) is 0 Å². The molecule has 264 valence electrons. The first kappa shape index (κ1) is 33.4. The number of ether oxygens (including phenoxy) is 1. The molecule has 0 aliphatic carbocycles. The van der Waals surface area contributed by atoms with E-state index in [0.717, 1.165) is 77.2 Å². The first-order chi connectivity index (χ1) is 27.7. The van der Waals surface area contributed by atoms with E-state index in [2.05, 4.69) is 72.8 Å². The highest BCUT2D eigenvalue weighted by molar-refractivity contribution is 7.99. The third kappa shape index (κ3) is 6.61. The van der Waals surface area contributed by atoms with E-state index in [1.807, 2.05) is 115 Å². The Hall–Kier alpha value is -7.22. The second kappa shape index (κ2) is 14.5. The molecule has 0 radical (unpaired) electrons. The van der Waals surface area contributed by atoms with E-state index in [-0.39, 0.29) is 0 Å². The molecule has 1 aliphatic heterocycles. The number of rotatable bonds is 7. The fourth-order valence-corrected chi connectivity index (χ4v) is 7.77. The highest BCUT2D eigenvalue weighted by Crippen LogP contribution is 2.48. The summed E-state index contributed by atoms with van der Waals surface area (Å²) in [6.45, 7) is 0. The van der Waals surface area contributed by atoms with Gasteiger partial charge in [-0.1, -0.05) is 163 Å². The van der Waals surface area contributed by atoms with Crippen LogP contribution in [0.2, 0.25) is 0 Å². The zero-order valence-corrected chi connectivity index (χ0v) is 30.8. The molecule has 2 aromatic heterocycles. The highest BCUT2D eigenvalue weighted by Gasteiger charge is 2.22. The van der Waals surface area contributed by atoms with Crippen LogP contribution < -0.4 is 4.74 Å². The van der Waals surface area contributed by atoms with Crippen LogP contribution in [-0.2, 0) is 0 Å². The molecule has 56 heavy (non-hydrogen) atoms. The van der Waals surface area contributed by atoms with Gasteiger partial charge >= 0.3 is 0 Å². The second-order valence-electron chi connectivity index (χ2n) is 13.3. The van der Waals surface area contributed by atoms with Gasteiger partial charge in [-0.15, -0.1) is 0 Å². The van der Waals surface area contributed by atoms with Crippen LogP contribution in [0.25, 0.3) is 79.2 Å². The summed E-state index contributed by atoms with van der Waals surface area (Å²) >= 11 is 1.71. The first-order valence-corrected chi connectivity index (χ1v) is 19.1. The van der Waals surface area contributed by atoms with Crippen molar-refractivity contribution in [2.75, 3.05) is 0 Å². The van der Waals surface area contributed by atoms with Gasteiger partial charge in [0.25, 0.3) is 0 Å². The van der Waals surface area contributed by atoms with Gasteiger partial charge in [0.15, 0.2) is 23.3 Å². The minimum absolute atomic E-state index is 0.537. The van der Waals surface area contributed by atoms with Crippen LogP contribution in [-0.4, -0.2) is 24.9 Å². The molecule has 0 amide bonds. The van der Waals surface area contributed by atoms with Crippen LogP contribution in [0.4, 0.5) is 0 Å². The fourth-order valence-electron chi connectivity index (χ4n) is 6.83. The molecule has 0 saturated heterocycles. The van der Waals surface area contributed by atoms with Crippen molar-refractivity contribution in [3.63, 3.8) is 0 Å². The predicted molar refractivity (Wildman–Crippen MR) is 224 cm³/mol. The van der Waals surface area contributed by atoms with Gasteiger partial charge in [-0.05, 0) is 47.5 Å². The Kier molecular flexibility index (Phi) is 8.67. The Bertz CT molecular complexity index is 2740. The maximum Gasteiger partial charge on any atom is 0.164 e. The molecule has 0 fully saturated rings. The lowest BCUT2D eigenvalue weighted by Gasteiger charge is -2.20. The molecule has 6 nitrogen and oxygen atoms in total. The molecule has 0 unspecified atom stereocenters. The largest absolute Gasteiger partial charge is 0.455 e. The maximum atomic E-state index is 6.46. The molecule has 10 rings (SSSR count). The quantitative estimate of drug-likeness (QED) is 0.161. The van der Waals surface area contributed by atoms with Crippen molar-refractivity contribution in [3.8, 4) is 90.7 Å². The third-order valence-electron chi connectivity index (χ3n) is 9.63. The molecule has 0 bridgehead atoms. The molecular formula is C49H31N5OS. The summed E-state index contributed by atoms with van der Waals surface area (Å²) in [4.78, 5) is 27.8. The van der Waals surface area contributed by atoms with E-state index >= 15 is 0 Å². The summed E-state index contributed by atoms with van der Waals surface area (Å²) < 4.78 is 6.46. The van der Waals surface area contributed by atoms with Crippen molar-refractivity contribution >= 4 is 11.8 Å². The van der Waals surface area contributed by atoms with Gasteiger partial charge < -0.3 is 4.74 Å². The molecule has 9 aromatic rings. The van der Waals surface area contributed by atoms with Crippen molar-refractivity contribution in [1.29, 1.82) is 0 Å². The van der Waals surface area contributed by atoms with Crippen molar-refractivity contribution in [2.24, 2.45) is 0 Å². The summed E-state index contributed by atoms with van der Waals surface area (Å²) in [5.74, 6) is 3.96. The lowest BCUT2D eigenvalue weighted by Crippen LogP contribution is -2.02. The summed E-state index contributed by atoms with van der Waals surface area (Å²) in [5.41, 5.74) is 9.05. The lowest BCUT2D eigenvalue weighted by atomic mass is 9.96. The van der Waals surface area contributed by atoms with Crippen LogP contribution >= 0.6 is 11.8 Å². The van der Waals surface area contributed by atoms with Crippen molar-refractivity contribution in [2.45, 2.75) is 9.79 Å². The van der Waals surface area contributed by atoms with Crippen molar-refractivity contribution < 1.29 is 4.74 Å². The van der Waals surface area contributed by atoms with Gasteiger partial charge in [0.05, 0.1) is 21.2 Å². The van der Waals surface area contributed by atoms with Gasteiger partial charge in [0.2, 0.25) is 0 Å². The number of hydrogen-bond acceptors (Lipinski definition) is 7. The molecule has 3 heterocycles. The molecule has 0 saturated carbocycles. The Morgan fingerprint density at radius 2 is 0.786 bits per heavy atom. The third-order valence-corrected chi connectivity index (χ3v) is 10.7. The van der Waals surface area contributed by atoms with E-state index in [4.69, 9.17) is 29.7 Å². The van der Waals surface area contributed by atoms with Gasteiger partial charge in [-0.2, -0.15) is 0 Å². The monoisotopic (exact) mass is 737 g/mol. The van der Waals surface area contributed by atoms with Crippen LogP contribution in [0.15, 0.2) is 198 Å². The van der Waals surface area contributed by atoms with Gasteiger partial charge in [0.1, 0.15) is 11.5 Å². The average molecular weight is 738 g/mol. The molecule has 7 aromatic carbocycles. The minimum atomic E-state index is 0.537. The van der Waals surface area contributed by atoms with E-state index in [9.17, 15) is 0 Å². The van der Waals surface area contributed by atoms with Crippen LogP contribution in [0.5, 0.6) is 11.5 Å². The molecule has 1 aliphatic rings. The minimum Gasteiger partial charge on any atom is -0.455 e. The molecule has 0 spiro atoms. The topological polar surface area (TPSA) is 73.7 Å². The predicted octanol–water partition coefficient (Wildman–Crippen LogP) is 12.6. The average Bonchev–Trinajstić information content (AvgIpc) is 3.29. The summed E-state index contributed by atoms with van der Waals surface area (Å²) in [6.07, 6.45) is 0. The number of fused-ring (bicyclic) bond motifs is 2.